The molecule has 5 nitrogen and oxygen atoms in total. The van der Waals surface area contributed by atoms with Gasteiger partial charge in [0, 0.05) is 6.54 Å². The summed E-state index contributed by atoms with van der Waals surface area (Å²) in [6.45, 7) is 2.71. The number of hydrogen-bond donors (Lipinski definition) is 3. The molecule has 0 aromatic heterocycles. The van der Waals surface area contributed by atoms with Gasteiger partial charge in [-0.05, 0) is 36.3 Å². The van der Waals surface area contributed by atoms with Crippen molar-refractivity contribution < 1.29 is 9.59 Å². The van der Waals surface area contributed by atoms with E-state index in [-0.39, 0.29) is 5.91 Å². The molecule has 122 valence electrons. The third-order valence-electron chi connectivity index (χ3n) is 3.49. The van der Waals surface area contributed by atoms with Crippen LogP contribution in [0, 0.1) is 0 Å². The number of nitrogens with two attached hydrogens (primary N) is 1. The lowest BCUT2D eigenvalue weighted by Gasteiger charge is -2.18. The SMILES string of the molecule is CSCC[C@@H](NC(N)=O)C(=O)NCC[C@H](C)c1ccccc1. The number of amides is 3. The van der Waals surface area contributed by atoms with Crippen LogP contribution in [0.1, 0.15) is 31.2 Å². The minimum atomic E-state index is -0.668. The summed E-state index contributed by atoms with van der Waals surface area (Å²) in [6.07, 6.45) is 3.38. The second kappa shape index (κ2) is 10.1. The van der Waals surface area contributed by atoms with Gasteiger partial charge in [0.1, 0.15) is 6.04 Å². The second-order valence-corrected chi connectivity index (χ2v) is 6.22. The molecular weight excluding hydrogens is 298 g/mol. The molecule has 2 atom stereocenters. The average Bonchev–Trinajstić information content (AvgIpc) is 2.51. The first-order valence-electron chi connectivity index (χ1n) is 7.42. The van der Waals surface area contributed by atoms with E-state index in [0.717, 1.165) is 12.2 Å². The smallest absolute Gasteiger partial charge is 0.312 e. The Hall–Kier alpha value is -1.69. The first-order valence-corrected chi connectivity index (χ1v) is 8.81. The van der Waals surface area contributed by atoms with E-state index in [0.29, 0.717) is 18.9 Å². The van der Waals surface area contributed by atoms with Gasteiger partial charge < -0.3 is 16.4 Å². The molecule has 0 fully saturated rings. The fourth-order valence-corrected chi connectivity index (χ4v) is 2.63. The highest BCUT2D eigenvalue weighted by molar-refractivity contribution is 7.98. The molecule has 0 spiro atoms. The Morgan fingerprint density at radius 1 is 1.23 bits per heavy atom. The highest BCUT2D eigenvalue weighted by Crippen LogP contribution is 2.17. The standard InChI is InChI=1S/C16H25N3O2S/c1-12(13-6-4-3-5-7-13)8-10-18-15(20)14(9-11-22-2)19-16(17)21/h3-7,12,14H,8-11H2,1-2H3,(H,18,20)(H3,17,19,21)/t12-,14+/m0/s1. The van der Waals surface area contributed by atoms with E-state index in [2.05, 4.69) is 29.7 Å². The Morgan fingerprint density at radius 3 is 2.50 bits per heavy atom. The van der Waals surface area contributed by atoms with Crippen molar-refractivity contribution in [3.8, 4) is 0 Å². The van der Waals surface area contributed by atoms with Gasteiger partial charge in [-0.1, -0.05) is 37.3 Å². The maximum absolute atomic E-state index is 12.1. The van der Waals surface area contributed by atoms with Gasteiger partial charge in [0.2, 0.25) is 5.91 Å². The molecule has 1 aromatic carbocycles. The topological polar surface area (TPSA) is 84.2 Å². The molecule has 3 amide bonds. The molecule has 0 aliphatic rings. The number of thioether (sulfide) groups is 1. The van der Waals surface area contributed by atoms with Crippen LogP contribution in [0.25, 0.3) is 0 Å². The van der Waals surface area contributed by atoms with E-state index < -0.39 is 12.1 Å². The van der Waals surface area contributed by atoms with Gasteiger partial charge in [0.15, 0.2) is 0 Å². The third-order valence-corrected chi connectivity index (χ3v) is 4.13. The van der Waals surface area contributed by atoms with Gasteiger partial charge in [-0.2, -0.15) is 11.8 Å². The van der Waals surface area contributed by atoms with Crippen LogP contribution in [0.15, 0.2) is 30.3 Å². The van der Waals surface area contributed by atoms with Crippen LogP contribution >= 0.6 is 11.8 Å². The van der Waals surface area contributed by atoms with Crippen LogP contribution in [-0.4, -0.2) is 36.5 Å². The Labute approximate surface area is 136 Å². The Bertz CT molecular complexity index is 468. The summed E-state index contributed by atoms with van der Waals surface area (Å²) in [5, 5.41) is 5.38. The van der Waals surface area contributed by atoms with Crippen molar-refractivity contribution in [2.45, 2.75) is 31.7 Å². The highest BCUT2D eigenvalue weighted by Gasteiger charge is 2.19. The Balaban J connectivity index is 2.40. The van der Waals surface area contributed by atoms with Crippen LogP contribution in [0.3, 0.4) is 0 Å². The number of nitrogens with one attached hydrogen (secondary N) is 2. The van der Waals surface area contributed by atoms with Crippen LogP contribution in [-0.2, 0) is 4.79 Å². The summed E-state index contributed by atoms with van der Waals surface area (Å²) in [7, 11) is 0. The average molecular weight is 323 g/mol. The molecule has 0 unspecified atom stereocenters. The van der Waals surface area contributed by atoms with Crippen LogP contribution in [0.4, 0.5) is 4.79 Å². The summed E-state index contributed by atoms with van der Waals surface area (Å²) in [5.41, 5.74) is 6.37. The first kappa shape index (κ1) is 18.4. The van der Waals surface area contributed by atoms with Crippen molar-refractivity contribution in [1.29, 1.82) is 0 Å². The van der Waals surface area contributed by atoms with Crippen molar-refractivity contribution in [1.82, 2.24) is 10.6 Å². The molecule has 4 N–H and O–H groups in total. The molecule has 22 heavy (non-hydrogen) atoms. The molecule has 6 heteroatoms. The summed E-state index contributed by atoms with van der Waals surface area (Å²) in [4.78, 5) is 23.1. The zero-order valence-corrected chi connectivity index (χ0v) is 14.0. The lowest BCUT2D eigenvalue weighted by molar-refractivity contribution is -0.122. The van der Waals surface area contributed by atoms with E-state index in [1.807, 2.05) is 24.5 Å². The van der Waals surface area contributed by atoms with Gasteiger partial charge in [0.05, 0.1) is 0 Å². The molecule has 0 bridgehead atoms. The largest absolute Gasteiger partial charge is 0.354 e. The van der Waals surface area contributed by atoms with Gasteiger partial charge in [-0.3, -0.25) is 4.79 Å². The van der Waals surface area contributed by atoms with Gasteiger partial charge in [-0.15, -0.1) is 0 Å². The number of benzene rings is 1. The van der Waals surface area contributed by atoms with Crippen molar-refractivity contribution >= 4 is 23.7 Å². The summed E-state index contributed by atoms with van der Waals surface area (Å²) >= 11 is 1.63. The zero-order chi connectivity index (χ0) is 16.4. The molecule has 0 aliphatic heterocycles. The number of carbonyl (C=O) groups is 2. The minimum Gasteiger partial charge on any atom is -0.354 e. The van der Waals surface area contributed by atoms with E-state index in [1.165, 1.54) is 5.56 Å². The van der Waals surface area contributed by atoms with Gasteiger partial charge in [-0.25, -0.2) is 4.79 Å². The highest BCUT2D eigenvalue weighted by atomic mass is 32.2. The molecular formula is C16H25N3O2S. The minimum absolute atomic E-state index is 0.173. The van der Waals surface area contributed by atoms with Crippen LogP contribution < -0.4 is 16.4 Å². The molecule has 1 aromatic rings. The predicted molar refractivity (Wildman–Crippen MR) is 92.0 cm³/mol. The molecule has 0 saturated heterocycles. The number of urea groups is 1. The normalized spacial score (nSPS) is 13.2. The first-order chi connectivity index (χ1) is 10.5. The number of hydrogen-bond acceptors (Lipinski definition) is 3. The second-order valence-electron chi connectivity index (χ2n) is 5.23. The molecule has 1 rings (SSSR count). The maximum atomic E-state index is 12.1. The molecule has 0 heterocycles. The maximum Gasteiger partial charge on any atom is 0.312 e. The van der Waals surface area contributed by atoms with Crippen molar-refractivity contribution in [3.63, 3.8) is 0 Å². The Morgan fingerprint density at radius 2 is 1.91 bits per heavy atom. The molecule has 0 saturated carbocycles. The van der Waals surface area contributed by atoms with E-state index in [1.54, 1.807) is 11.8 Å². The quantitative estimate of drug-likeness (QED) is 0.650. The third kappa shape index (κ3) is 6.85. The number of primary amides is 1. The molecule has 0 radical (unpaired) electrons. The fraction of sp³-hybridized carbons (Fsp3) is 0.500. The van der Waals surface area contributed by atoms with Gasteiger partial charge >= 0.3 is 6.03 Å². The predicted octanol–water partition coefficient (Wildman–Crippen LogP) is 2.09. The lowest BCUT2D eigenvalue weighted by atomic mass is 9.98. The summed E-state index contributed by atoms with van der Waals surface area (Å²) in [5.74, 6) is 0.988. The van der Waals surface area contributed by atoms with Crippen molar-refractivity contribution in [2.24, 2.45) is 5.73 Å². The summed E-state index contributed by atoms with van der Waals surface area (Å²) in [6, 6.07) is 8.96. The van der Waals surface area contributed by atoms with Crippen LogP contribution in [0.2, 0.25) is 0 Å². The van der Waals surface area contributed by atoms with E-state index >= 15 is 0 Å². The monoisotopic (exact) mass is 323 g/mol. The number of rotatable bonds is 9. The number of carbonyl (C=O) groups excluding carboxylic acids is 2. The Kier molecular flexibility index (Phi) is 8.43. The summed E-state index contributed by atoms with van der Waals surface area (Å²) < 4.78 is 0. The lowest BCUT2D eigenvalue weighted by Crippen LogP contribution is -2.49. The zero-order valence-electron chi connectivity index (χ0n) is 13.2. The fourth-order valence-electron chi connectivity index (χ4n) is 2.16. The van der Waals surface area contributed by atoms with Crippen LogP contribution in [0.5, 0.6) is 0 Å². The van der Waals surface area contributed by atoms with Gasteiger partial charge in [0.25, 0.3) is 0 Å². The van der Waals surface area contributed by atoms with E-state index in [4.69, 9.17) is 5.73 Å². The van der Waals surface area contributed by atoms with Crippen molar-refractivity contribution in [3.05, 3.63) is 35.9 Å². The van der Waals surface area contributed by atoms with Crippen molar-refractivity contribution in [2.75, 3.05) is 18.6 Å². The molecule has 0 aliphatic carbocycles. The van der Waals surface area contributed by atoms with E-state index in [9.17, 15) is 9.59 Å².